The van der Waals surface area contributed by atoms with Crippen molar-refractivity contribution in [1.82, 2.24) is 15.1 Å². The fraction of sp³-hybridized carbons (Fsp3) is 1.00. The lowest BCUT2D eigenvalue weighted by Crippen LogP contribution is -2.58. The third-order valence-corrected chi connectivity index (χ3v) is 4.37. The van der Waals surface area contributed by atoms with E-state index >= 15 is 0 Å². The molecule has 3 heteroatoms. The van der Waals surface area contributed by atoms with E-state index in [0.717, 1.165) is 17.9 Å². The minimum absolute atomic E-state index is 0.693. The summed E-state index contributed by atoms with van der Waals surface area (Å²) in [5.74, 6) is 1.54. The van der Waals surface area contributed by atoms with Crippen LogP contribution in [0.1, 0.15) is 47.0 Å². The van der Waals surface area contributed by atoms with Gasteiger partial charge in [-0.2, -0.15) is 0 Å². The average molecular weight is 284 g/mol. The molecule has 120 valence electrons. The summed E-state index contributed by atoms with van der Waals surface area (Å²) in [5.41, 5.74) is 0. The Labute approximate surface area is 127 Å². The largest absolute Gasteiger partial charge is 0.311 e. The Kier molecular flexibility index (Phi) is 8.08. The topological polar surface area (TPSA) is 18.5 Å². The van der Waals surface area contributed by atoms with Gasteiger partial charge in [0.25, 0.3) is 0 Å². The molecule has 0 saturated carbocycles. The molecule has 1 heterocycles. The quantitative estimate of drug-likeness (QED) is 0.691. The van der Waals surface area contributed by atoms with E-state index in [2.05, 4.69) is 56.9 Å². The van der Waals surface area contributed by atoms with Crippen LogP contribution >= 0.6 is 0 Å². The molecule has 0 aromatic carbocycles. The first-order valence-electron chi connectivity index (χ1n) is 8.52. The van der Waals surface area contributed by atoms with E-state index in [1.54, 1.807) is 0 Å². The smallest absolute Gasteiger partial charge is 0.0244 e. The highest BCUT2D eigenvalue weighted by Crippen LogP contribution is 2.19. The second-order valence-electron chi connectivity index (χ2n) is 7.55. The number of hydrogen-bond acceptors (Lipinski definition) is 3. The van der Waals surface area contributed by atoms with Crippen molar-refractivity contribution in [2.75, 3.05) is 40.3 Å². The number of nitrogens with zero attached hydrogens (tertiary/aromatic N) is 2. The van der Waals surface area contributed by atoms with Crippen molar-refractivity contribution in [3.63, 3.8) is 0 Å². The zero-order valence-corrected chi connectivity index (χ0v) is 14.7. The van der Waals surface area contributed by atoms with Crippen molar-refractivity contribution < 1.29 is 0 Å². The van der Waals surface area contributed by atoms with Crippen LogP contribution in [0, 0.1) is 11.8 Å². The van der Waals surface area contributed by atoms with Gasteiger partial charge in [-0.15, -0.1) is 0 Å². The molecule has 1 fully saturated rings. The average Bonchev–Trinajstić information content (AvgIpc) is 2.33. The molecule has 0 aliphatic carbocycles. The number of rotatable bonds is 8. The molecule has 1 aliphatic heterocycles. The van der Waals surface area contributed by atoms with Crippen molar-refractivity contribution in [3.05, 3.63) is 0 Å². The maximum atomic E-state index is 3.77. The summed E-state index contributed by atoms with van der Waals surface area (Å²) in [5, 5.41) is 3.77. The Balaban J connectivity index is 2.42. The molecular formula is C17H37N3. The summed E-state index contributed by atoms with van der Waals surface area (Å²) in [4.78, 5) is 5.04. The monoisotopic (exact) mass is 283 g/mol. The van der Waals surface area contributed by atoms with Crippen molar-refractivity contribution >= 4 is 0 Å². The molecule has 2 atom stereocenters. The highest BCUT2D eigenvalue weighted by molar-refractivity contribution is 4.88. The van der Waals surface area contributed by atoms with Crippen LogP contribution in [0.5, 0.6) is 0 Å². The van der Waals surface area contributed by atoms with Crippen molar-refractivity contribution in [2.24, 2.45) is 11.8 Å². The molecule has 2 unspecified atom stereocenters. The third-order valence-electron chi connectivity index (χ3n) is 4.37. The summed E-state index contributed by atoms with van der Waals surface area (Å²) in [6.07, 6.45) is 3.95. The molecule has 1 N–H and O–H groups in total. The van der Waals surface area contributed by atoms with Gasteiger partial charge in [0.1, 0.15) is 0 Å². The lowest BCUT2D eigenvalue weighted by Gasteiger charge is -2.43. The zero-order valence-electron chi connectivity index (χ0n) is 14.7. The first kappa shape index (κ1) is 17.9. The molecule has 0 spiro atoms. The predicted octanol–water partition coefficient (Wildman–Crippen LogP) is 2.67. The number of nitrogens with one attached hydrogen (secondary N) is 1. The van der Waals surface area contributed by atoms with Crippen molar-refractivity contribution in [2.45, 2.75) is 59.0 Å². The Morgan fingerprint density at radius 1 is 1.15 bits per heavy atom. The zero-order chi connectivity index (χ0) is 15.1. The van der Waals surface area contributed by atoms with Crippen LogP contribution in [-0.4, -0.2) is 62.2 Å². The Bertz CT molecular complexity index is 251. The minimum Gasteiger partial charge on any atom is -0.311 e. The van der Waals surface area contributed by atoms with E-state index in [0.29, 0.717) is 6.04 Å². The number of hydrogen-bond donors (Lipinski definition) is 1. The predicted molar refractivity (Wildman–Crippen MR) is 89.2 cm³/mol. The molecule has 1 aliphatic rings. The van der Waals surface area contributed by atoms with Crippen molar-refractivity contribution in [1.29, 1.82) is 0 Å². The fourth-order valence-corrected chi connectivity index (χ4v) is 3.28. The molecule has 1 rings (SSSR count). The van der Waals surface area contributed by atoms with E-state index in [-0.39, 0.29) is 0 Å². The highest BCUT2D eigenvalue weighted by atomic mass is 15.2. The lowest BCUT2D eigenvalue weighted by molar-refractivity contribution is 0.0898. The van der Waals surface area contributed by atoms with Crippen LogP contribution in [0.25, 0.3) is 0 Å². The lowest BCUT2D eigenvalue weighted by atomic mass is 9.94. The van der Waals surface area contributed by atoms with E-state index in [9.17, 15) is 0 Å². The minimum atomic E-state index is 0.693. The maximum Gasteiger partial charge on any atom is 0.0244 e. The summed E-state index contributed by atoms with van der Waals surface area (Å²) < 4.78 is 0. The number of piperazine rings is 1. The van der Waals surface area contributed by atoms with Gasteiger partial charge in [-0.1, -0.05) is 27.7 Å². The second kappa shape index (κ2) is 9.01. The van der Waals surface area contributed by atoms with E-state index in [1.807, 2.05) is 0 Å². The van der Waals surface area contributed by atoms with Gasteiger partial charge < -0.3 is 10.2 Å². The molecule has 0 radical (unpaired) electrons. The third kappa shape index (κ3) is 6.55. The highest BCUT2D eigenvalue weighted by Gasteiger charge is 2.29. The molecule has 0 bridgehead atoms. The van der Waals surface area contributed by atoms with Crippen LogP contribution in [0.4, 0.5) is 0 Å². The molecule has 1 saturated heterocycles. The van der Waals surface area contributed by atoms with Gasteiger partial charge in [0.15, 0.2) is 0 Å². The molecule has 0 amide bonds. The van der Waals surface area contributed by atoms with Gasteiger partial charge >= 0.3 is 0 Å². The SMILES string of the molecule is CC(C)CC1CN(CCCCN(C)C)C(C(C)C)CN1. The van der Waals surface area contributed by atoms with Crippen molar-refractivity contribution in [3.8, 4) is 0 Å². The number of unbranched alkanes of at least 4 members (excludes halogenated alkanes) is 1. The fourth-order valence-electron chi connectivity index (χ4n) is 3.28. The van der Waals surface area contributed by atoms with E-state index < -0.39 is 0 Å². The van der Waals surface area contributed by atoms with Crippen LogP contribution < -0.4 is 5.32 Å². The van der Waals surface area contributed by atoms with Gasteiger partial charge in [-0.05, 0) is 58.3 Å². The van der Waals surface area contributed by atoms with Gasteiger partial charge in [0, 0.05) is 25.2 Å². The maximum absolute atomic E-state index is 3.77. The summed E-state index contributed by atoms with van der Waals surface area (Å²) in [7, 11) is 4.33. The Morgan fingerprint density at radius 3 is 2.40 bits per heavy atom. The first-order valence-corrected chi connectivity index (χ1v) is 8.52. The standard InChI is InChI=1S/C17H37N3/c1-14(2)11-16-13-20(10-8-7-9-19(5)6)17(12-18-16)15(3)4/h14-18H,7-13H2,1-6H3. The molecule has 0 aromatic heterocycles. The second-order valence-corrected chi connectivity index (χ2v) is 7.55. The van der Waals surface area contributed by atoms with Gasteiger partial charge in [-0.25, -0.2) is 0 Å². The van der Waals surface area contributed by atoms with Crippen LogP contribution in [0.3, 0.4) is 0 Å². The van der Waals surface area contributed by atoms with Gasteiger partial charge in [-0.3, -0.25) is 4.90 Å². The molecule has 20 heavy (non-hydrogen) atoms. The van der Waals surface area contributed by atoms with Gasteiger partial charge in [0.05, 0.1) is 0 Å². The van der Waals surface area contributed by atoms with Gasteiger partial charge in [0.2, 0.25) is 0 Å². The normalized spacial score (nSPS) is 25.1. The Morgan fingerprint density at radius 2 is 1.85 bits per heavy atom. The van der Waals surface area contributed by atoms with Crippen LogP contribution in [0.15, 0.2) is 0 Å². The van der Waals surface area contributed by atoms with Crippen LogP contribution in [0.2, 0.25) is 0 Å². The first-order chi connectivity index (χ1) is 9.40. The van der Waals surface area contributed by atoms with E-state index in [1.165, 1.54) is 45.4 Å². The summed E-state index contributed by atoms with van der Waals surface area (Å²) in [6.45, 7) is 14.3. The Hall–Kier alpha value is -0.120. The molecule has 3 nitrogen and oxygen atoms in total. The summed E-state index contributed by atoms with van der Waals surface area (Å²) in [6, 6.07) is 1.41. The van der Waals surface area contributed by atoms with Crippen LogP contribution in [-0.2, 0) is 0 Å². The molecule has 0 aromatic rings. The van der Waals surface area contributed by atoms with E-state index in [4.69, 9.17) is 0 Å². The summed E-state index contributed by atoms with van der Waals surface area (Å²) >= 11 is 0. The molecular weight excluding hydrogens is 246 g/mol.